The molecule has 2 aromatic rings. The zero-order valence-corrected chi connectivity index (χ0v) is 14.7. The lowest BCUT2D eigenvalue weighted by atomic mass is 9.96. The molecule has 2 aromatic heterocycles. The number of aromatic nitrogens is 2. The molecule has 2 N–H and O–H groups in total. The van der Waals surface area contributed by atoms with Gasteiger partial charge in [0.05, 0.1) is 5.56 Å². The Bertz CT molecular complexity index is 819. The van der Waals surface area contributed by atoms with E-state index in [1.54, 1.807) is 12.1 Å². The number of anilines is 1. The van der Waals surface area contributed by atoms with Gasteiger partial charge in [-0.1, -0.05) is 6.07 Å². The number of hydrogen-bond acceptors (Lipinski definition) is 5. The van der Waals surface area contributed by atoms with Crippen LogP contribution in [0.5, 0.6) is 0 Å². The molecule has 3 rings (SSSR count). The van der Waals surface area contributed by atoms with Crippen LogP contribution in [0.3, 0.4) is 0 Å². The molecule has 148 valence electrons. The fraction of sp³-hybridized carbons (Fsp3) is 0.333. The van der Waals surface area contributed by atoms with Gasteiger partial charge in [-0.25, -0.2) is 4.98 Å². The highest BCUT2D eigenvalue weighted by molar-refractivity contribution is 5.93. The lowest BCUT2D eigenvalue weighted by Gasteiger charge is -2.32. The van der Waals surface area contributed by atoms with Crippen molar-refractivity contribution in [3.63, 3.8) is 0 Å². The molecule has 0 spiro atoms. The number of rotatable bonds is 3. The molecule has 1 aliphatic heterocycles. The number of nitrogens with one attached hydrogen (secondary N) is 2. The average molecular weight is 393 g/mol. The third kappa shape index (κ3) is 4.76. The number of hydrazine groups is 1. The van der Waals surface area contributed by atoms with Crippen LogP contribution >= 0.6 is 0 Å². The first kappa shape index (κ1) is 19.6. The smallest absolute Gasteiger partial charge is 0.357 e. The molecule has 2 amide bonds. The first-order chi connectivity index (χ1) is 13.3. The third-order valence-corrected chi connectivity index (χ3v) is 4.46. The van der Waals surface area contributed by atoms with Gasteiger partial charge in [0, 0.05) is 31.4 Å². The quantitative estimate of drug-likeness (QED) is 0.781. The van der Waals surface area contributed by atoms with Crippen molar-refractivity contribution >= 4 is 17.6 Å². The van der Waals surface area contributed by atoms with Crippen molar-refractivity contribution in [2.24, 2.45) is 5.92 Å². The molecule has 0 unspecified atom stereocenters. The van der Waals surface area contributed by atoms with Gasteiger partial charge < -0.3 is 4.90 Å². The molecule has 28 heavy (non-hydrogen) atoms. The number of carbonyl (C=O) groups is 2. The van der Waals surface area contributed by atoms with Crippen LogP contribution in [0.15, 0.2) is 42.7 Å². The normalized spacial score (nSPS) is 15.2. The summed E-state index contributed by atoms with van der Waals surface area (Å²) in [7, 11) is 0. The van der Waals surface area contributed by atoms with Crippen molar-refractivity contribution < 1.29 is 22.8 Å². The van der Waals surface area contributed by atoms with E-state index in [2.05, 4.69) is 20.8 Å². The van der Waals surface area contributed by atoms with E-state index in [4.69, 9.17) is 0 Å². The number of nitrogens with zero attached hydrogens (tertiary/aromatic N) is 3. The number of alkyl halides is 3. The summed E-state index contributed by atoms with van der Waals surface area (Å²) in [5.41, 5.74) is 4.11. The Kier molecular flexibility index (Phi) is 5.76. The second-order valence-electron chi connectivity index (χ2n) is 6.32. The van der Waals surface area contributed by atoms with Crippen LogP contribution in [-0.4, -0.2) is 34.9 Å². The van der Waals surface area contributed by atoms with Gasteiger partial charge >= 0.3 is 6.18 Å². The second-order valence-corrected chi connectivity index (χ2v) is 6.32. The third-order valence-electron chi connectivity index (χ3n) is 4.46. The lowest BCUT2D eigenvalue weighted by molar-refractivity contribution is -0.137. The molecule has 7 nitrogen and oxygen atoms in total. The molecule has 0 radical (unpaired) electrons. The zero-order valence-electron chi connectivity index (χ0n) is 14.7. The van der Waals surface area contributed by atoms with E-state index in [1.165, 1.54) is 18.3 Å². The topological polar surface area (TPSA) is 87.2 Å². The van der Waals surface area contributed by atoms with Gasteiger partial charge in [0.25, 0.3) is 5.91 Å². The summed E-state index contributed by atoms with van der Waals surface area (Å²) in [6.07, 6.45) is -1.15. The van der Waals surface area contributed by atoms with E-state index < -0.39 is 17.6 Å². The fourth-order valence-electron chi connectivity index (χ4n) is 2.89. The highest BCUT2D eigenvalue weighted by atomic mass is 19.4. The number of amides is 2. The Balaban J connectivity index is 1.48. The SMILES string of the molecule is O=C(NNC(=O)C1CCN(c2ccc(C(F)(F)F)cn2)CC1)c1ccccn1. The molecule has 0 atom stereocenters. The summed E-state index contributed by atoms with van der Waals surface area (Å²) in [6, 6.07) is 7.19. The Morgan fingerprint density at radius 3 is 2.36 bits per heavy atom. The largest absolute Gasteiger partial charge is 0.417 e. The Morgan fingerprint density at radius 2 is 1.79 bits per heavy atom. The van der Waals surface area contributed by atoms with E-state index >= 15 is 0 Å². The van der Waals surface area contributed by atoms with Crippen LogP contribution in [-0.2, 0) is 11.0 Å². The summed E-state index contributed by atoms with van der Waals surface area (Å²) < 4.78 is 37.8. The van der Waals surface area contributed by atoms with Gasteiger partial charge in [-0.05, 0) is 37.1 Å². The highest BCUT2D eigenvalue weighted by Gasteiger charge is 2.31. The average Bonchev–Trinajstić information content (AvgIpc) is 2.72. The maximum absolute atomic E-state index is 12.6. The maximum Gasteiger partial charge on any atom is 0.417 e. The Labute approximate surface area is 158 Å². The van der Waals surface area contributed by atoms with E-state index in [0.717, 1.165) is 12.3 Å². The van der Waals surface area contributed by atoms with Crippen molar-refractivity contribution in [2.75, 3.05) is 18.0 Å². The van der Waals surface area contributed by atoms with Crippen LogP contribution in [0.2, 0.25) is 0 Å². The van der Waals surface area contributed by atoms with Gasteiger partial charge in [0.2, 0.25) is 5.91 Å². The molecule has 0 saturated carbocycles. The van der Waals surface area contributed by atoms with Crippen molar-refractivity contribution in [3.8, 4) is 0 Å². The Morgan fingerprint density at radius 1 is 1.04 bits per heavy atom. The summed E-state index contributed by atoms with van der Waals surface area (Å²) in [4.78, 5) is 33.7. The summed E-state index contributed by atoms with van der Waals surface area (Å²) in [5, 5.41) is 0. The second kappa shape index (κ2) is 8.24. The van der Waals surface area contributed by atoms with Crippen molar-refractivity contribution in [1.82, 2.24) is 20.8 Å². The molecular weight excluding hydrogens is 375 g/mol. The molecular formula is C18H18F3N5O2. The van der Waals surface area contributed by atoms with E-state index in [-0.39, 0.29) is 17.5 Å². The summed E-state index contributed by atoms with van der Waals surface area (Å²) in [6.45, 7) is 0.954. The standard InChI is InChI=1S/C18H18F3N5O2/c19-18(20,21)13-4-5-15(23-11-13)26-9-6-12(7-10-26)16(27)24-25-17(28)14-3-1-2-8-22-14/h1-5,8,11-12H,6-7,9-10H2,(H,24,27)(H,25,28). The first-order valence-corrected chi connectivity index (χ1v) is 8.64. The van der Waals surface area contributed by atoms with E-state index in [9.17, 15) is 22.8 Å². The highest BCUT2D eigenvalue weighted by Crippen LogP contribution is 2.30. The molecule has 1 saturated heterocycles. The number of hydrogen-bond donors (Lipinski definition) is 2. The minimum Gasteiger partial charge on any atom is -0.357 e. The predicted octanol–water partition coefficient (Wildman–Crippen LogP) is 2.17. The van der Waals surface area contributed by atoms with Gasteiger partial charge in [-0.15, -0.1) is 0 Å². The molecule has 10 heteroatoms. The van der Waals surface area contributed by atoms with E-state index in [1.807, 2.05) is 4.90 Å². The zero-order chi connectivity index (χ0) is 20.1. The molecule has 1 aliphatic rings. The van der Waals surface area contributed by atoms with Gasteiger partial charge in [0.15, 0.2) is 0 Å². The number of halogens is 3. The maximum atomic E-state index is 12.6. The lowest BCUT2D eigenvalue weighted by Crippen LogP contribution is -2.47. The van der Waals surface area contributed by atoms with Gasteiger partial charge in [0.1, 0.15) is 11.5 Å². The predicted molar refractivity (Wildman–Crippen MR) is 94.0 cm³/mol. The molecule has 3 heterocycles. The van der Waals surface area contributed by atoms with Crippen LogP contribution in [0.4, 0.5) is 19.0 Å². The number of piperidine rings is 1. The summed E-state index contributed by atoms with van der Waals surface area (Å²) in [5.74, 6) is -0.699. The monoisotopic (exact) mass is 393 g/mol. The van der Waals surface area contributed by atoms with Gasteiger partial charge in [-0.3, -0.25) is 25.4 Å². The Hall–Kier alpha value is -3.17. The van der Waals surface area contributed by atoms with Crippen LogP contribution in [0, 0.1) is 5.92 Å². The molecule has 1 fully saturated rings. The molecule has 0 aromatic carbocycles. The fourth-order valence-corrected chi connectivity index (χ4v) is 2.89. The number of carbonyl (C=O) groups excluding carboxylic acids is 2. The first-order valence-electron chi connectivity index (χ1n) is 8.64. The van der Waals surface area contributed by atoms with E-state index in [0.29, 0.717) is 31.7 Å². The number of pyridine rings is 2. The molecule has 0 bridgehead atoms. The summed E-state index contributed by atoms with van der Waals surface area (Å²) >= 11 is 0. The van der Waals surface area contributed by atoms with Crippen LogP contribution in [0.1, 0.15) is 28.9 Å². The minimum atomic E-state index is -4.42. The minimum absolute atomic E-state index is 0.186. The van der Waals surface area contributed by atoms with Crippen LogP contribution in [0.25, 0.3) is 0 Å². The van der Waals surface area contributed by atoms with Crippen molar-refractivity contribution in [1.29, 1.82) is 0 Å². The van der Waals surface area contributed by atoms with Crippen LogP contribution < -0.4 is 15.8 Å². The van der Waals surface area contributed by atoms with Crippen molar-refractivity contribution in [2.45, 2.75) is 19.0 Å². The van der Waals surface area contributed by atoms with Crippen molar-refractivity contribution in [3.05, 3.63) is 54.0 Å². The molecule has 0 aliphatic carbocycles. The van der Waals surface area contributed by atoms with Gasteiger partial charge in [-0.2, -0.15) is 13.2 Å².